The zero-order valence-corrected chi connectivity index (χ0v) is 12.7. The summed E-state index contributed by atoms with van der Waals surface area (Å²) in [6, 6.07) is 8.37. The van der Waals surface area contributed by atoms with Crippen molar-refractivity contribution in [1.82, 2.24) is 4.98 Å². The third-order valence-corrected chi connectivity index (χ3v) is 3.99. The number of halogens is 1. The van der Waals surface area contributed by atoms with Gasteiger partial charge in [0, 0.05) is 30.4 Å². The van der Waals surface area contributed by atoms with E-state index >= 15 is 0 Å². The zero-order valence-electron chi connectivity index (χ0n) is 12.7. The van der Waals surface area contributed by atoms with Crippen molar-refractivity contribution in [2.45, 2.75) is 25.7 Å². The SMILES string of the molecule is OCc1ccc(N2CCC(Oc3ncccc3F)C2)c(CO)c1. The molecule has 1 aromatic heterocycles. The molecule has 2 N–H and O–H groups in total. The van der Waals surface area contributed by atoms with E-state index in [0.29, 0.717) is 6.54 Å². The number of hydrogen-bond donors (Lipinski definition) is 2. The lowest BCUT2D eigenvalue weighted by atomic mass is 10.1. The van der Waals surface area contributed by atoms with Gasteiger partial charge in [-0.25, -0.2) is 9.37 Å². The standard InChI is InChI=1S/C17H19FN2O3/c18-15-2-1-6-19-17(15)23-14-5-7-20(9-14)16-4-3-12(10-21)8-13(16)11-22/h1-4,6,8,14,21-22H,5,7,9-11H2. The zero-order chi connectivity index (χ0) is 16.2. The molecule has 0 amide bonds. The minimum Gasteiger partial charge on any atom is -0.470 e. The largest absolute Gasteiger partial charge is 0.470 e. The van der Waals surface area contributed by atoms with Gasteiger partial charge in [-0.05, 0) is 29.8 Å². The van der Waals surface area contributed by atoms with E-state index in [2.05, 4.69) is 9.88 Å². The van der Waals surface area contributed by atoms with Crippen molar-refractivity contribution in [2.75, 3.05) is 18.0 Å². The first-order chi connectivity index (χ1) is 11.2. The quantitative estimate of drug-likeness (QED) is 0.881. The number of aliphatic hydroxyl groups is 2. The van der Waals surface area contributed by atoms with Crippen LogP contribution in [0.3, 0.4) is 0 Å². The summed E-state index contributed by atoms with van der Waals surface area (Å²) in [4.78, 5) is 6.01. The molecular formula is C17H19FN2O3. The van der Waals surface area contributed by atoms with Gasteiger partial charge in [-0.15, -0.1) is 0 Å². The van der Waals surface area contributed by atoms with Crippen LogP contribution in [0.1, 0.15) is 17.5 Å². The highest BCUT2D eigenvalue weighted by Gasteiger charge is 2.26. The Bertz CT molecular complexity index is 681. The van der Waals surface area contributed by atoms with E-state index in [1.54, 1.807) is 6.07 Å². The molecule has 3 rings (SSSR count). The van der Waals surface area contributed by atoms with Crippen molar-refractivity contribution in [2.24, 2.45) is 0 Å². The second kappa shape index (κ2) is 6.93. The lowest BCUT2D eigenvalue weighted by molar-refractivity contribution is 0.205. The summed E-state index contributed by atoms with van der Waals surface area (Å²) in [5.74, 6) is -0.438. The molecule has 0 bridgehead atoms. The van der Waals surface area contributed by atoms with Crippen LogP contribution >= 0.6 is 0 Å². The minimum absolute atomic E-state index is 0.0253. The molecule has 1 aromatic carbocycles. The summed E-state index contributed by atoms with van der Waals surface area (Å²) in [6.45, 7) is 1.20. The van der Waals surface area contributed by atoms with Crippen molar-refractivity contribution in [3.05, 3.63) is 53.5 Å². The molecule has 0 saturated carbocycles. The van der Waals surface area contributed by atoms with Crippen LogP contribution in [0.4, 0.5) is 10.1 Å². The summed E-state index contributed by atoms with van der Waals surface area (Å²) in [5.41, 5.74) is 2.44. The number of pyridine rings is 1. The van der Waals surface area contributed by atoms with Crippen LogP contribution in [0, 0.1) is 5.82 Å². The van der Waals surface area contributed by atoms with Crippen molar-refractivity contribution in [1.29, 1.82) is 0 Å². The maximum absolute atomic E-state index is 13.6. The van der Waals surface area contributed by atoms with E-state index < -0.39 is 5.82 Å². The molecule has 1 saturated heterocycles. The highest BCUT2D eigenvalue weighted by molar-refractivity contribution is 5.55. The Labute approximate surface area is 134 Å². The third-order valence-electron chi connectivity index (χ3n) is 3.99. The number of hydrogen-bond acceptors (Lipinski definition) is 5. The van der Waals surface area contributed by atoms with Crippen molar-refractivity contribution >= 4 is 5.69 Å². The Morgan fingerprint density at radius 1 is 1.26 bits per heavy atom. The van der Waals surface area contributed by atoms with Crippen molar-refractivity contribution in [3.8, 4) is 5.88 Å². The molecule has 2 aromatic rings. The van der Waals surface area contributed by atoms with Gasteiger partial charge in [-0.3, -0.25) is 0 Å². The Kier molecular flexibility index (Phi) is 4.73. The van der Waals surface area contributed by atoms with Crippen LogP contribution in [0.5, 0.6) is 5.88 Å². The summed E-state index contributed by atoms with van der Waals surface area (Å²) in [5, 5.41) is 18.7. The molecule has 0 aliphatic carbocycles. The molecule has 0 radical (unpaired) electrons. The average Bonchev–Trinajstić information content (AvgIpc) is 3.04. The summed E-state index contributed by atoms with van der Waals surface area (Å²) >= 11 is 0. The van der Waals surface area contributed by atoms with E-state index in [-0.39, 0.29) is 25.2 Å². The number of anilines is 1. The average molecular weight is 318 g/mol. The lowest BCUT2D eigenvalue weighted by Crippen LogP contribution is -2.26. The molecule has 1 atom stereocenters. The van der Waals surface area contributed by atoms with Gasteiger partial charge >= 0.3 is 0 Å². The van der Waals surface area contributed by atoms with Gasteiger partial charge in [0.25, 0.3) is 5.88 Å². The van der Waals surface area contributed by atoms with Gasteiger partial charge < -0.3 is 19.8 Å². The van der Waals surface area contributed by atoms with Crippen LogP contribution in [0.2, 0.25) is 0 Å². The van der Waals surface area contributed by atoms with Gasteiger partial charge in [0.1, 0.15) is 6.10 Å². The van der Waals surface area contributed by atoms with Gasteiger partial charge in [0.2, 0.25) is 0 Å². The summed E-state index contributed by atoms with van der Waals surface area (Å²) < 4.78 is 19.3. The van der Waals surface area contributed by atoms with Crippen molar-refractivity contribution in [3.63, 3.8) is 0 Å². The highest BCUT2D eigenvalue weighted by atomic mass is 19.1. The first-order valence-corrected chi connectivity index (χ1v) is 7.57. The smallest absolute Gasteiger partial charge is 0.250 e. The van der Waals surface area contributed by atoms with Gasteiger partial charge in [0.05, 0.1) is 19.8 Å². The van der Waals surface area contributed by atoms with E-state index in [0.717, 1.165) is 29.8 Å². The fourth-order valence-corrected chi connectivity index (χ4v) is 2.83. The molecule has 5 nitrogen and oxygen atoms in total. The van der Waals surface area contributed by atoms with Crippen LogP contribution in [0.25, 0.3) is 0 Å². The fraction of sp³-hybridized carbons (Fsp3) is 0.353. The number of ether oxygens (including phenoxy) is 1. The second-order valence-corrected chi connectivity index (χ2v) is 5.54. The monoisotopic (exact) mass is 318 g/mol. The minimum atomic E-state index is -0.464. The molecule has 2 heterocycles. The first kappa shape index (κ1) is 15.7. The number of benzene rings is 1. The maximum Gasteiger partial charge on any atom is 0.250 e. The van der Waals surface area contributed by atoms with Crippen LogP contribution in [-0.4, -0.2) is 34.4 Å². The second-order valence-electron chi connectivity index (χ2n) is 5.54. The van der Waals surface area contributed by atoms with Gasteiger partial charge in [-0.2, -0.15) is 0 Å². The molecular weight excluding hydrogens is 299 g/mol. The maximum atomic E-state index is 13.6. The fourth-order valence-electron chi connectivity index (χ4n) is 2.83. The molecule has 0 spiro atoms. The Hall–Kier alpha value is -2.18. The molecule has 23 heavy (non-hydrogen) atoms. The Morgan fingerprint density at radius 3 is 2.87 bits per heavy atom. The van der Waals surface area contributed by atoms with Gasteiger partial charge in [0.15, 0.2) is 5.82 Å². The molecule has 122 valence electrons. The molecule has 1 aliphatic heterocycles. The topological polar surface area (TPSA) is 65.8 Å². The first-order valence-electron chi connectivity index (χ1n) is 7.57. The highest BCUT2D eigenvalue weighted by Crippen LogP contribution is 2.28. The number of aromatic nitrogens is 1. The predicted molar refractivity (Wildman–Crippen MR) is 83.7 cm³/mol. The molecule has 1 aliphatic rings. The van der Waals surface area contributed by atoms with E-state index in [4.69, 9.17) is 4.74 Å². The van der Waals surface area contributed by atoms with E-state index in [1.807, 2.05) is 12.1 Å². The van der Waals surface area contributed by atoms with Crippen molar-refractivity contribution < 1.29 is 19.3 Å². The van der Waals surface area contributed by atoms with E-state index in [9.17, 15) is 14.6 Å². The Morgan fingerprint density at radius 2 is 2.13 bits per heavy atom. The molecule has 1 unspecified atom stereocenters. The summed E-state index contributed by atoms with van der Waals surface area (Å²) in [7, 11) is 0. The number of nitrogens with zero attached hydrogens (tertiary/aromatic N) is 2. The van der Waals surface area contributed by atoms with Crippen LogP contribution in [-0.2, 0) is 13.2 Å². The van der Waals surface area contributed by atoms with Gasteiger partial charge in [-0.1, -0.05) is 6.07 Å². The normalized spacial score (nSPS) is 17.5. The van der Waals surface area contributed by atoms with E-state index in [1.165, 1.54) is 18.3 Å². The lowest BCUT2D eigenvalue weighted by Gasteiger charge is -2.22. The number of rotatable bonds is 5. The predicted octanol–water partition coefficient (Wildman–Crippen LogP) is 1.86. The third kappa shape index (κ3) is 3.43. The van der Waals surface area contributed by atoms with Crippen LogP contribution < -0.4 is 9.64 Å². The summed E-state index contributed by atoms with van der Waals surface area (Å²) in [6.07, 6.45) is 2.11. The molecule has 6 heteroatoms. The molecule has 1 fully saturated rings. The number of aliphatic hydroxyl groups excluding tert-OH is 2. The Balaban J connectivity index is 1.71. The van der Waals surface area contributed by atoms with Crippen LogP contribution in [0.15, 0.2) is 36.5 Å².